The molecule has 0 aliphatic carbocycles. The van der Waals surface area contributed by atoms with Crippen molar-refractivity contribution in [2.75, 3.05) is 6.61 Å². The van der Waals surface area contributed by atoms with Crippen LogP contribution in [0.1, 0.15) is 116 Å². The number of nitrogens with zero attached hydrogens (tertiary/aromatic N) is 7. The Morgan fingerprint density at radius 2 is 0.914 bits per heavy atom. The van der Waals surface area contributed by atoms with E-state index in [4.69, 9.17) is 4.74 Å². The van der Waals surface area contributed by atoms with Crippen LogP contribution < -0.4 is 4.74 Å². The predicted molar refractivity (Wildman–Crippen MR) is 250 cm³/mol. The maximum Gasteiger partial charge on any atom is 0.216 e. The molecule has 0 saturated heterocycles. The maximum atomic E-state index is 5.19. The van der Waals surface area contributed by atoms with E-state index in [1.165, 1.54) is 5.56 Å². The van der Waals surface area contributed by atoms with Crippen molar-refractivity contribution < 1.29 is 4.74 Å². The smallest absolute Gasteiger partial charge is 0.216 e. The highest BCUT2D eigenvalue weighted by atomic mass is 32.1. The van der Waals surface area contributed by atoms with Crippen molar-refractivity contribution >= 4 is 43.6 Å². The highest BCUT2D eigenvalue weighted by molar-refractivity contribution is 7.16. The van der Waals surface area contributed by atoms with Gasteiger partial charge in [0, 0.05) is 60.7 Å². The molecule has 7 aromatic rings. The van der Waals surface area contributed by atoms with Crippen molar-refractivity contribution in [1.29, 1.82) is 0 Å². The normalized spacial score (nSPS) is 11.4. The van der Waals surface area contributed by atoms with Crippen LogP contribution in [-0.4, -0.2) is 41.5 Å². The molecule has 1 aliphatic heterocycles. The first kappa shape index (κ1) is 51.1. The molecule has 0 unspecified atom stereocenters. The van der Waals surface area contributed by atoms with Crippen LogP contribution in [0.4, 0.5) is 0 Å². The van der Waals surface area contributed by atoms with E-state index in [9.17, 15) is 0 Å². The molecule has 0 radical (unpaired) electrons. The highest BCUT2D eigenvalue weighted by Gasteiger charge is 2.10. The Labute approximate surface area is 354 Å². The molecule has 0 N–H and O–H groups in total. The van der Waals surface area contributed by atoms with Crippen molar-refractivity contribution in [2.24, 2.45) is 21.7 Å². The Morgan fingerprint density at radius 3 is 1.41 bits per heavy atom. The summed E-state index contributed by atoms with van der Waals surface area (Å²) in [6.45, 7) is 35.8. The second-order valence-electron chi connectivity index (χ2n) is 19.9. The third-order valence-corrected chi connectivity index (χ3v) is 6.12. The van der Waals surface area contributed by atoms with Crippen LogP contribution in [0.3, 0.4) is 0 Å². The number of ether oxygens (including phenoxy) is 1. The van der Waals surface area contributed by atoms with Crippen LogP contribution in [0.25, 0.3) is 32.3 Å². The van der Waals surface area contributed by atoms with E-state index in [0.29, 0.717) is 21.7 Å². The van der Waals surface area contributed by atoms with Crippen LogP contribution in [0, 0.1) is 21.7 Å². The van der Waals surface area contributed by atoms with Gasteiger partial charge in [0.1, 0.15) is 0 Å². The first-order chi connectivity index (χ1) is 26.9. The molecule has 58 heavy (non-hydrogen) atoms. The first-order valence-corrected chi connectivity index (χ1v) is 20.8. The van der Waals surface area contributed by atoms with Gasteiger partial charge >= 0.3 is 0 Å². The van der Waals surface area contributed by atoms with Gasteiger partial charge in [-0.2, -0.15) is 0 Å². The van der Waals surface area contributed by atoms with Gasteiger partial charge in [-0.25, -0.2) is 15.0 Å². The van der Waals surface area contributed by atoms with E-state index in [2.05, 4.69) is 152 Å². The van der Waals surface area contributed by atoms with Gasteiger partial charge in [0.15, 0.2) is 5.65 Å². The fourth-order valence-electron chi connectivity index (χ4n) is 3.53. The highest BCUT2D eigenvalue weighted by Crippen LogP contribution is 2.20. The molecule has 7 aromatic heterocycles. The third kappa shape index (κ3) is 30.3. The van der Waals surface area contributed by atoms with E-state index < -0.39 is 0 Å². The second-order valence-corrected chi connectivity index (χ2v) is 20.7. The van der Waals surface area contributed by atoms with Gasteiger partial charge in [0.2, 0.25) is 5.88 Å². The van der Waals surface area contributed by atoms with Crippen molar-refractivity contribution in [1.82, 2.24) is 34.9 Å². The van der Waals surface area contributed by atoms with E-state index in [0.717, 1.165) is 51.2 Å². The summed E-state index contributed by atoms with van der Waals surface area (Å²) >= 11 is 1.61. The zero-order valence-corrected chi connectivity index (χ0v) is 39.1. The molecule has 0 atom stereocenters. The Balaban J connectivity index is 0.000000339. The number of thiazole rings is 1. The quantitative estimate of drug-likeness (QED) is 0.149. The minimum Gasteiger partial charge on any atom is -0.477 e. The summed E-state index contributed by atoms with van der Waals surface area (Å²) in [6, 6.07) is 21.4. The largest absolute Gasteiger partial charge is 0.477 e. The Bertz CT molecular complexity index is 1790. The lowest BCUT2D eigenvalue weighted by Crippen LogP contribution is -1.93. The molecule has 8 nitrogen and oxygen atoms in total. The number of pyridine rings is 6. The molecular formula is C49H71N7OS. The molecule has 9 heteroatoms. The molecular weight excluding hydrogens is 735 g/mol. The number of fused-ring (bicyclic) bond motifs is 4. The van der Waals surface area contributed by atoms with Gasteiger partial charge in [-0.05, 0) is 82.3 Å². The van der Waals surface area contributed by atoms with Gasteiger partial charge in [-0.3, -0.25) is 19.9 Å². The summed E-state index contributed by atoms with van der Waals surface area (Å²) in [5, 5.41) is 1.09. The lowest BCUT2D eigenvalue weighted by molar-refractivity contribution is 0.345. The summed E-state index contributed by atoms with van der Waals surface area (Å²) in [6.07, 6.45) is 13.4. The molecule has 0 amide bonds. The number of hydrogen-bond donors (Lipinski definition) is 0. The van der Waals surface area contributed by atoms with E-state index in [1.807, 2.05) is 66.9 Å². The maximum absolute atomic E-state index is 5.19. The van der Waals surface area contributed by atoms with Gasteiger partial charge < -0.3 is 4.74 Å². The summed E-state index contributed by atoms with van der Waals surface area (Å²) in [5.74, 6) is 0.817. The second kappa shape index (κ2) is 25.5. The Morgan fingerprint density at radius 1 is 0.466 bits per heavy atom. The number of rotatable bonds is 0. The average molecular weight is 806 g/mol. The average Bonchev–Trinajstić information content (AvgIpc) is 3.80. The van der Waals surface area contributed by atoms with Crippen LogP contribution in [0.2, 0.25) is 0 Å². The van der Waals surface area contributed by atoms with Crippen molar-refractivity contribution in [3.05, 3.63) is 121 Å². The van der Waals surface area contributed by atoms with E-state index in [1.54, 1.807) is 54.0 Å². The zero-order chi connectivity index (χ0) is 43.8. The Hall–Kier alpha value is -4.89. The lowest BCUT2D eigenvalue weighted by Gasteiger charge is -2.05. The minimum absolute atomic E-state index is 0.500. The van der Waals surface area contributed by atoms with Crippen LogP contribution >= 0.6 is 11.3 Å². The standard InChI is InChI=1S/2C8H6N2.C7H7NO.C6H4N2S.4C5H12/c1-3-7-8(9-5-1)4-2-6-10-7;1-2-7-6-9-5-3-8(7)10-4-1;1-2-6-3-5-9-7(6)8-4-1;1-2-5-6(7-3-1)8-4-9-5;4*1-5(2,3)4/h2*1-6H;1-2,4H,3,5H2;1-4H;4*1-4H3. The van der Waals surface area contributed by atoms with Gasteiger partial charge in [0.05, 0.1) is 33.4 Å². The van der Waals surface area contributed by atoms with Crippen molar-refractivity contribution in [2.45, 2.75) is 117 Å². The molecule has 0 bridgehead atoms. The molecule has 0 aromatic carbocycles. The molecule has 0 spiro atoms. The van der Waals surface area contributed by atoms with Crippen LogP contribution in [-0.2, 0) is 6.42 Å². The SMILES string of the molecule is CC(C)(C)C.CC(C)(C)C.CC(C)(C)C.CC(C)(C)C.c1cnc2c(c1)CCO2.c1cnc2cccnc2c1.c1cnc2ccncc2c1.c1cnc2ncsc2c1. The lowest BCUT2D eigenvalue weighted by atomic mass is 10.0. The number of aromatic nitrogens is 7. The van der Waals surface area contributed by atoms with E-state index in [-0.39, 0.29) is 0 Å². The molecule has 1 aliphatic rings. The fourth-order valence-corrected chi connectivity index (χ4v) is 4.16. The van der Waals surface area contributed by atoms with Gasteiger partial charge in [-0.15, -0.1) is 11.3 Å². The Kier molecular flexibility index (Phi) is 22.5. The summed E-state index contributed by atoms with van der Waals surface area (Å²) in [5.41, 5.74) is 8.78. The molecule has 8 heterocycles. The summed E-state index contributed by atoms with van der Waals surface area (Å²) < 4.78 is 6.34. The first-order valence-electron chi connectivity index (χ1n) is 19.9. The predicted octanol–water partition coefficient (Wildman–Crippen LogP) is 14.2. The third-order valence-electron chi connectivity index (χ3n) is 5.34. The van der Waals surface area contributed by atoms with Gasteiger partial charge in [0.25, 0.3) is 0 Å². The topological polar surface area (TPSA) is 99.5 Å². The van der Waals surface area contributed by atoms with Crippen LogP contribution in [0.5, 0.6) is 5.88 Å². The monoisotopic (exact) mass is 806 g/mol. The van der Waals surface area contributed by atoms with Crippen molar-refractivity contribution in [3.8, 4) is 5.88 Å². The van der Waals surface area contributed by atoms with Crippen molar-refractivity contribution in [3.63, 3.8) is 0 Å². The summed E-state index contributed by atoms with van der Waals surface area (Å²) in [4.78, 5) is 28.5. The summed E-state index contributed by atoms with van der Waals surface area (Å²) in [7, 11) is 0. The molecule has 314 valence electrons. The number of hydrogen-bond acceptors (Lipinski definition) is 9. The van der Waals surface area contributed by atoms with E-state index >= 15 is 0 Å². The molecule has 8 rings (SSSR count). The molecule has 0 fully saturated rings. The molecule has 0 saturated carbocycles. The minimum atomic E-state index is 0.500. The zero-order valence-electron chi connectivity index (χ0n) is 38.3. The fraction of sp³-hybridized carbons (Fsp3) is 0.449. The van der Waals surface area contributed by atoms with Crippen LogP contribution in [0.15, 0.2) is 116 Å². The van der Waals surface area contributed by atoms with Gasteiger partial charge in [-0.1, -0.05) is 117 Å².